The van der Waals surface area contributed by atoms with E-state index in [1.54, 1.807) is 18.2 Å². The van der Waals surface area contributed by atoms with Crippen molar-refractivity contribution in [2.24, 2.45) is 5.10 Å². The highest BCUT2D eigenvalue weighted by atomic mass is 35.5. The van der Waals surface area contributed by atoms with Gasteiger partial charge in [0, 0.05) is 18.5 Å². The minimum absolute atomic E-state index is 0.0294. The van der Waals surface area contributed by atoms with Gasteiger partial charge >= 0.3 is 0 Å². The molecular weight excluding hydrogens is 270 g/mol. The lowest BCUT2D eigenvalue weighted by Gasteiger charge is -2.00. The number of nitro benzene ring substituents is 1. The summed E-state index contributed by atoms with van der Waals surface area (Å²) in [4.78, 5) is 18.0. The SMILES string of the molecule is O=[N+]([O-])c1ccccc1/C=N\Nc1nccnc1Cl. The number of hydrazone groups is 1. The molecule has 1 N–H and O–H groups in total. The van der Waals surface area contributed by atoms with Crippen LogP contribution in [0.3, 0.4) is 0 Å². The minimum atomic E-state index is -0.476. The molecule has 0 atom stereocenters. The summed E-state index contributed by atoms with van der Waals surface area (Å²) in [6, 6.07) is 6.25. The van der Waals surface area contributed by atoms with Crippen LogP contribution in [0.25, 0.3) is 0 Å². The van der Waals surface area contributed by atoms with Gasteiger partial charge in [0.05, 0.1) is 16.7 Å². The monoisotopic (exact) mass is 277 g/mol. The molecule has 2 rings (SSSR count). The molecule has 0 bridgehead atoms. The van der Waals surface area contributed by atoms with Crippen molar-refractivity contribution in [3.63, 3.8) is 0 Å². The topological polar surface area (TPSA) is 93.3 Å². The average molecular weight is 278 g/mol. The molecule has 1 aromatic heterocycles. The van der Waals surface area contributed by atoms with Crippen molar-refractivity contribution in [1.29, 1.82) is 0 Å². The van der Waals surface area contributed by atoms with Crippen LogP contribution >= 0.6 is 11.6 Å². The van der Waals surface area contributed by atoms with Crippen molar-refractivity contribution in [1.82, 2.24) is 9.97 Å². The van der Waals surface area contributed by atoms with E-state index in [1.807, 2.05) is 0 Å². The zero-order valence-corrected chi connectivity index (χ0v) is 10.3. The summed E-state index contributed by atoms with van der Waals surface area (Å²) in [6.07, 6.45) is 4.22. The van der Waals surface area contributed by atoms with E-state index in [2.05, 4.69) is 20.5 Å². The number of benzene rings is 1. The molecule has 0 aliphatic heterocycles. The predicted octanol–water partition coefficient (Wildman–Crippen LogP) is 2.48. The molecule has 0 saturated heterocycles. The smallest absolute Gasteiger partial charge is 0.259 e. The molecule has 1 heterocycles. The van der Waals surface area contributed by atoms with Crippen LogP contribution < -0.4 is 5.43 Å². The summed E-state index contributed by atoms with van der Waals surface area (Å²) in [5, 5.41) is 14.8. The molecule has 0 saturated carbocycles. The number of para-hydroxylation sites is 1. The van der Waals surface area contributed by atoms with E-state index < -0.39 is 4.92 Å². The van der Waals surface area contributed by atoms with Gasteiger partial charge in [-0.1, -0.05) is 23.7 Å². The highest BCUT2D eigenvalue weighted by Gasteiger charge is 2.09. The molecule has 0 aliphatic rings. The predicted molar refractivity (Wildman–Crippen MR) is 71.4 cm³/mol. The minimum Gasteiger partial charge on any atom is -0.259 e. The standard InChI is InChI=1S/C11H8ClN5O2/c12-10-11(14-6-5-13-10)16-15-7-8-3-1-2-4-9(8)17(18)19/h1-7H,(H,14,16)/b15-7-. The Morgan fingerprint density at radius 1 is 1.32 bits per heavy atom. The number of anilines is 1. The quantitative estimate of drug-likeness (QED) is 0.526. The zero-order valence-electron chi connectivity index (χ0n) is 9.52. The highest BCUT2D eigenvalue weighted by molar-refractivity contribution is 6.31. The van der Waals surface area contributed by atoms with Gasteiger partial charge in [-0.15, -0.1) is 0 Å². The number of nitro groups is 1. The second-order valence-corrected chi connectivity index (χ2v) is 3.74. The molecule has 96 valence electrons. The Bertz CT molecular complexity index is 632. The maximum Gasteiger partial charge on any atom is 0.278 e. The molecule has 0 fully saturated rings. The summed E-state index contributed by atoms with van der Waals surface area (Å²) in [7, 11) is 0. The molecule has 0 unspecified atom stereocenters. The van der Waals surface area contributed by atoms with Crippen LogP contribution in [-0.2, 0) is 0 Å². The molecule has 0 aliphatic carbocycles. The number of hydrogen-bond acceptors (Lipinski definition) is 6. The number of nitrogens with one attached hydrogen (secondary N) is 1. The fourth-order valence-electron chi connectivity index (χ4n) is 1.32. The van der Waals surface area contributed by atoms with Crippen molar-refractivity contribution in [2.45, 2.75) is 0 Å². The molecular formula is C11H8ClN5O2. The molecule has 2 aromatic rings. The van der Waals surface area contributed by atoms with Gasteiger partial charge in [0.15, 0.2) is 11.0 Å². The van der Waals surface area contributed by atoms with Gasteiger partial charge in [0.2, 0.25) is 0 Å². The third-order valence-electron chi connectivity index (χ3n) is 2.16. The second kappa shape index (κ2) is 5.87. The largest absolute Gasteiger partial charge is 0.278 e. The number of aromatic nitrogens is 2. The second-order valence-electron chi connectivity index (χ2n) is 3.38. The third-order valence-corrected chi connectivity index (χ3v) is 2.44. The van der Waals surface area contributed by atoms with Gasteiger partial charge < -0.3 is 0 Å². The van der Waals surface area contributed by atoms with Crippen LogP contribution in [0.2, 0.25) is 5.15 Å². The van der Waals surface area contributed by atoms with Crippen LogP contribution in [0, 0.1) is 10.1 Å². The van der Waals surface area contributed by atoms with E-state index in [0.717, 1.165) is 0 Å². The van der Waals surface area contributed by atoms with Crippen LogP contribution in [-0.4, -0.2) is 21.1 Å². The molecule has 8 heteroatoms. The number of rotatable bonds is 4. The maximum absolute atomic E-state index is 10.8. The maximum atomic E-state index is 10.8. The van der Waals surface area contributed by atoms with Crippen LogP contribution in [0.4, 0.5) is 11.5 Å². The fraction of sp³-hybridized carbons (Fsp3) is 0. The van der Waals surface area contributed by atoms with E-state index in [0.29, 0.717) is 5.56 Å². The normalized spacial score (nSPS) is 10.6. The number of hydrogen-bond donors (Lipinski definition) is 1. The lowest BCUT2D eigenvalue weighted by atomic mass is 10.2. The van der Waals surface area contributed by atoms with Crippen molar-refractivity contribution in [2.75, 3.05) is 5.43 Å². The average Bonchev–Trinajstić information content (AvgIpc) is 2.41. The summed E-state index contributed by atoms with van der Waals surface area (Å²) in [5.41, 5.74) is 2.91. The van der Waals surface area contributed by atoms with Crippen molar-refractivity contribution in [3.05, 3.63) is 57.5 Å². The van der Waals surface area contributed by atoms with Gasteiger partial charge in [-0.05, 0) is 6.07 Å². The molecule has 1 aromatic carbocycles. The Labute approximate surface area is 113 Å². The van der Waals surface area contributed by atoms with Crippen LogP contribution in [0.5, 0.6) is 0 Å². The lowest BCUT2D eigenvalue weighted by molar-refractivity contribution is -0.385. The summed E-state index contributed by atoms with van der Waals surface area (Å²) in [5.74, 6) is 0.277. The van der Waals surface area contributed by atoms with Gasteiger partial charge in [-0.2, -0.15) is 5.10 Å². The third kappa shape index (κ3) is 3.23. The van der Waals surface area contributed by atoms with Gasteiger partial charge in [-0.25, -0.2) is 9.97 Å². The molecule has 0 amide bonds. The molecule has 0 spiro atoms. The first-order valence-electron chi connectivity index (χ1n) is 5.17. The first-order valence-corrected chi connectivity index (χ1v) is 5.55. The van der Waals surface area contributed by atoms with Gasteiger partial charge in [0.1, 0.15) is 0 Å². The van der Waals surface area contributed by atoms with E-state index in [1.165, 1.54) is 24.7 Å². The molecule has 0 radical (unpaired) electrons. The van der Waals surface area contributed by atoms with Crippen LogP contribution in [0.15, 0.2) is 41.8 Å². The molecule has 19 heavy (non-hydrogen) atoms. The van der Waals surface area contributed by atoms with E-state index in [-0.39, 0.29) is 16.7 Å². The van der Waals surface area contributed by atoms with Crippen molar-refractivity contribution in [3.8, 4) is 0 Å². The Balaban J connectivity index is 2.16. The number of halogens is 1. The Morgan fingerprint density at radius 3 is 2.79 bits per heavy atom. The summed E-state index contributed by atoms with van der Waals surface area (Å²) < 4.78 is 0. The number of nitrogens with zero attached hydrogens (tertiary/aromatic N) is 4. The van der Waals surface area contributed by atoms with Gasteiger partial charge in [0.25, 0.3) is 5.69 Å². The summed E-state index contributed by atoms with van der Waals surface area (Å²) in [6.45, 7) is 0. The van der Waals surface area contributed by atoms with E-state index in [9.17, 15) is 10.1 Å². The first kappa shape index (κ1) is 12.9. The Hall–Kier alpha value is -2.54. The molecule has 7 nitrogen and oxygen atoms in total. The van der Waals surface area contributed by atoms with Crippen molar-refractivity contribution >= 4 is 29.3 Å². The summed E-state index contributed by atoms with van der Waals surface area (Å²) >= 11 is 5.77. The highest BCUT2D eigenvalue weighted by Crippen LogP contribution is 2.16. The lowest BCUT2D eigenvalue weighted by Crippen LogP contribution is -1.98. The zero-order chi connectivity index (χ0) is 13.7. The fourth-order valence-corrected chi connectivity index (χ4v) is 1.47. The van der Waals surface area contributed by atoms with Gasteiger partial charge in [-0.3, -0.25) is 15.5 Å². The van der Waals surface area contributed by atoms with E-state index in [4.69, 9.17) is 11.6 Å². The first-order chi connectivity index (χ1) is 9.18. The Kier molecular flexibility index (Phi) is 3.99. The Morgan fingerprint density at radius 2 is 2.05 bits per heavy atom. The van der Waals surface area contributed by atoms with Crippen molar-refractivity contribution < 1.29 is 4.92 Å². The van der Waals surface area contributed by atoms with E-state index >= 15 is 0 Å². The van der Waals surface area contributed by atoms with Crippen LogP contribution in [0.1, 0.15) is 5.56 Å².